The van der Waals surface area contributed by atoms with E-state index in [-0.39, 0.29) is 12.5 Å². The summed E-state index contributed by atoms with van der Waals surface area (Å²) < 4.78 is 82.8. The first-order chi connectivity index (χ1) is 13.4. The highest BCUT2D eigenvalue weighted by molar-refractivity contribution is 7.09. The molecular weight excluding hydrogens is 420 g/mol. The number of aliphatic imine (C=N–C) groups is 1. The molecule has 156 valence electrons. The van der Waals surface area contributed by atoms with E-state index >= 15 is 0 Å². The molecule has 10 heteroatoms. The Morgan fingerprint density at radius 1 is 1.14 bits per heavy atom. The summed E-state index contributed by atoms with van der Waals surface area (Å²) in [6.07, 6.45) is -8.05. The lowest BCUT2D eigenvalue weighted by Gasteiger charge is -2.22. The standard InChI is InChI=1S/C19H15F6NO2S/c1-3-17(16(27)28-2,10-15-5-4-6-29-15)26-11-12-7-13(18(20,21)22)9-14(8-12)19(23,24)25/h3-9,11H,1,10H2,2H3/t17-/m1/s1. The van der Waals surface area contributed by atoms with Crippen LogP contribution in [0.2, 0.25) is 0 Å². The monoisotopic (exact) mass is 435 g/mol. The third kappa shape index (κ3) is 5.47. The van der Waals surface area contributed by atoms with Crippen LogP contribution in [-0.4, -0.2) is 24.8 Å². The second-order valence-electron chi connectivity index (χ2n) is 5.97. The number of thiophene rings is 1. The number of hydrogen-bond acceptors (Lipinski definition) is 4. The fraction of sp³-hybridized carbons (Fsp3) is 0.263. The second-order valence-corrected chi connectivity index (χ2v) is 7.01. The van der Waals surface area contributed by atoms with E-state index in [9.17, 15) is 31.1 Å². The first-order valence-corrected chi connectivity index (χ1v) is 8.88. The molecule has 2 rings (SSSR count). The lowest BCUT2D eigenvalue weighted by Crippen LogP contribution is -2.38. The maximum Gasteiger partial charge on any atom is 0.416 e. The fourth-order valence-electron chi connectivity index (χ4n) is 2.48. The number of nitrogens with zero attached hydrogens (tertiary/aromatic N) is 1. The van der Waals surface area contributed by atoms with Crippen LogP contribution >= 0.6 is 11.3 Å². The molecule has 29 heavy (non-hydrogen) atoms. The highest BCUT2D eigenvalue weighted by Gasteiger charge is 2.38. The number of ether oxygens (including phenoxy) is 1. The Balaban J connectivity index is 2.54. The van der Waals surface area contributed by atoms with Gasteiger partial charge in [-0.15, -0.1) is 17.9 Å². The van der Waals surface area contributed by atoms with Crippen LogP contribution in [0.1, 0.15) is 21.6 Å². The van der Waals surface area contributed by atoms with Gasteiger partial charge in [-0.2, -0.15) is 26.3 Å². The second kappa shape index (κ2) is 8.40. The van der Waals surface area contributed by atoms with Gasteiger partial charge >= 0.3 is 18.3 Å². The van der Waals surface area contributed by atoms with E-state index in [1.807, 2.05) is 0 Å². The summed E-state index contributed by atoms with van der Waals surface area (Å²) in [5.41, 5.74) is -5.12. The third-order valence-corrected chi connectivity index (χ3v) is 4.83. The van der Waals surface area contributed by atoms with E-state index in [2.05, 4.69) is 11.6 Å². The number of carbonyl (C=O) groups is 1. The average molecular weight is 435 g/mol. The molecule has 1 aromatic carbocycles. The molecule has 0 N–H and O–H groups in total. The molecule has 0 bridgehead atoms. The summed E-state index contributed by atoms with van der Waals surface area (Å²) in [5.74, 6) is -0.847. The molecule has 1 atom stereocenters. The first-order valence-electron chi connectivity index (χ1n) is 8.00. The highest BCUT2D eigenvalue weighted by Crippen LogP contribution is 2.36. The van der Waals surface area contributed by atoms with Gasteiger partial charge in [0.2, 0.25) is 0 Å². The van der Waals surface area contributed by atoms with Crippen molar-refractivity contribution >= 4 is 23.5 Å². The van der Waals surface area contributed by atoms with E-state index in [0.717, 1.165) is 19.4 Å². The minimum Gasteiger partial charge on any atom is -0.467 e. The van der Waals surface area contributed by atoms with Crippen molar-refractivity contribution in [2.45, 2.75) is 24.3 Å². The molecule has 0 fully saturated rings. The van der Waals surface area contributed by atoms with Gasteiger partial charge in [0.25, 0.3) is 0 Å². The van der Waals surface area contributed by atoms with Crippen molar-refractivity contribution in [2.24, 2.45) is 4.99 Å². The minimum absolute atomic E-state index is 0.0115. The van der Waals surface area contributed by atoms with Gasteiger partial charge in [0.15, 0.2) is 5.54 Å². The Labute approximate surface area is 166 Å². The van der Waals surface area contributed by atoms with E-state index in [0.29, 0.717) is 17.0 Å². The van der Waals surface area contributed by atoms with Gasteiger partial charge in [0, 0.05) is 17.5 Å². The molecule has 0 aliphatic carbocycles. The summed E-state index contributed by atoms with van der Waals surface area (Å²) in [4.78, 5) is 17.0. The third-order valence-electron chi connectivity index (χ3n) is 3.95. The molecule has 0 aliphatic heterocycles. The zero-order chi connectivity index (χ0) is 21.9. The van der Waals surface area contributed by atoms with E-state index in [1.165, 1.54) is 11.3 Å². The Morgan fingerprint density at radius 2 is 1.72 bits per heavy atom. The number of esters is 1. The van der Waals surface area contributed by atoms with Crippen LogP contribution < -0.4 is 0 Å². The molecule has 2 aromatic rings. The summed E-state index contributed by atoms with van der Waals surface area (Å²) >= 11 is 1.30. The molecule has 1 heterocycles. The highest BCUT2D eigenvalue weighted by atomic mass is 32.1. The van der Waals surface area contributed by atoms with Crippen LogP contribution in [0.25, 0.3) is 0 Å². The summed E-state index contributed by atoms with van der Waals surface area (Å²) in [6, 6.07) is 4.48. The Morgan fingerprint density at radius 3 is 2.14 bits per heavy atom. The Bertz CT molecular complexity index is 870. The molecular formula is C19H15F6NO2S. The van der Waals surface area contributed by atoms with Crippen LogP contribution in [-0.2, 0) is 28.3 Å². The van der Waals surface area contributed by atoms with Crippen molar-refractivity contribution in [1.82, 2.24) is 0 Å². The van der Waals surface area contributed by atoms with Gasteiger partial charge in [-0.3, -0.25) is 4.99 Å². The number of alkyl halides is 6. The number of carbonyl (C=O) groups excluding carboxylic acids is 1. The zero-order valence-corrected chi connectivity index (χ0v) is 15.8. The predicted molar refractivity (Wildman–Crippen MR) is 97.0 cm³/mol. The van der Waals surface area contributed by atoms with Gasteiger partial charge in [-0.05, 0) is 35.2 Å². The normalized spacial score (nSPS) is 14.6. The maximum atomic E-state index is 13.0. The van der Waals surface area contributed by atoms with Crippen LogP contribution in [0.5, 0.6) is 0 Å². The maximum absolute atomic E-state index is 13.0. The van der Waals surface area contributed by atoms with Gasteiger partial charge in [0.05, 0.1) is 18.2 Å². The summed E-state index contributed by atoms with van der Waals surface area (Å²) in [5, 5.41) is 1.74. The molecule has 0 unspecified atom stereocenters. The van der Waals surface area contributed by atoms with Crippen molar-refractivity contribution in [3.05, 3.63) is 69.9 Å². The SMILES string of the molecule is C=C[C@](Cc1cccs1)(N=Cc1cc(C(F)(F)F)cc(C(F)(F)F)c1)C(=O)OC. The van der Waals surface area contributed by atoms with Crippen molar-refractivity contribution in [3.63, 3.8) is 0 Å². The predicted octanol–water partition coefficient (Wildman–Crippen LogP) is 5.55. The molecule has 0 aliphatic rings. The molecule has 0 radical (unpaired) electrons. The van der Waals surface area contributed by atoms with Crippen LogP contribution in [0.3, 0.4) is 0 Å². The lowest BCUT2D eigenvalue weighted by atomic mass is 9.95. The Hall–Kier alpha value is -2.62. The molecule has 0 amide bonds. The van der Waals surface area contributed by atoms with Crippen molar-refractivity contribution in [3.8, 4) is 0 Å². The number of halogens is 6. The van der Waals surface area contributed by atoms with E-state index < -0.39 is 40.6 Å². The summed E-state index contributed by atoms with van der Waals surface area (Å²) in [6.45, 7) is 3.54. The van der Waals surface area contributed by atoms with E-state index in [4.69, 9.17) is 4.74 Å². The topological polar surface area (TPSA) is 38.7 Å². The van der Waals surface area contributed by atoms with Gasteiger partial charge < -0.3 is 4.74 Å². The molecule has 0 saturated carbocycles. The first kappa shape index (κ1) is 22.7. The zero-order valence-electron chi connectivity index (χ0n) is 15.0. The lowest BCUT2D eigenvalue weighted by molar-refractivity contribution is -0.145. The van der Waals surface area contributed by atoms with Crippen molar-refractivity contribution < 1.29 is 35.9 Å². The van der Waals surface area contributed by atoms with Crippen molar-refractivity contribution in [1.29, 1.82) is 0 Å². The van der Waals surface area contributed by atoms with Gasteiger partial charge in [-0.1, -0.05) is 12.1 Å². The van der Waals surface area contributed by atoms with Gasteiger partial charge in [0.1, 0.15) is 0 Å². The van der Waals surface area contributed by atoms with Crippen LogP contribution in [0, 0.1) is 0 Å². The molecule has 0 saturated heterocycles. The van der Waals surface area contributed by atoms with Crippen LogP contribution in [0.15, 0.2) is 53.4 Å². The molecule has 1 aromatic heterocycles. The van der Waals surface area contributed by atoms with Gasteiger partial charge in [-0.25, -0.2) is 4.79 Å². The minimum atomic E-state index is -4.99. The van der Waals surface area contributed by atoms with E-state index in [1.54, 1.807) is 17.5 Å². The molecule has 3 nitrogen and oxygen atoms in total. The smallest absolute Gasteiger partial charge is 0.416 e. The number of benzene rings is 1. The number of hydrogen-bond donors (Lipinski definition) is 0. The van der Waals surface area contributed by atoms with Crippen LogP contribution in [0.4, 0.5) is 26.3 Å². The molecule has 0 spiro atoms. The van der Waals surface area contributed by atoms with Crippen molar-refractivity contribution in [2.75, 3.05) is 7.11 Å². The summed E-state index contributed by atoms with van der Waals surface area (Å²) in [7, 11) is 1.09. The Kier molecular flexibility index (Phi) is 6.56. The average Bonchev–Trinajstić information content (AvgIpc) is 3.15. The number of methoxy groups -OCH3 is 1. The fourth-order valence-corrected chi connectivity index (χ4v) is 3.27. The quantitative estimate of drug-likeness (QED) is 0.259. The largest absolute Gasteiger partial charge is 0.467 e. The number of rotatable bonds is 6.